The number of carbonyl (C=O) groups excluding carboxylic acids is 1. The molecule has 0 aliphatic rings. The van der Waals surface area contributed by atoms with E-state index < -0.39 is 0 Å². The van der Waals surface area contributed by atoms with Crippen molar-refractivity contribution in [3.05, 3.63) is 71.8 Å². The predicted molar refractivity (Wildman–Crippen MR) is 85.8 cm³/mol. The first-order valence-corrected chi connectivity index (χ1v) is 7.19. The number of nitrogens with zero attached hydrogens (tertiary/aromatic N) is 1. The largest absolute Gasteiger partial charge is 0.340 e. The molecule has 0 spiro atoms. The average Bonchev–Trinajstić information content (AvgIpc) is 2.48. The fourth-order valence-corrected chi connectivity index (χ4v) is 2.52. The van der Waals surface area contributed by atoms with Gasteiger partial charge in [-0.25, -0.2) is 0 Å². The summed E-state index contributed by atoms with van der Waals surface area (Å²) in [5, 5.41) is -0.300. The van der Waals surface area contributed by atoms with Crippen LogP contribution in [-0.4, -0.2) is 23.1 Å². The Hall–Kier alpha value is -1.74. The Bertz CT molecular complexity index is 492. The van der Waals surface area contributed by atoms with Gasteiger partial charge in [0.25, 0.3) is 0 Å². The molecule has 0 saturated heterocycles. The fourth-order valence-electron chi connectivity index (χ4n) is 2.11. The molecule has 104 valence electrons. The third-order valence-electron chi connectivity index (χ3n) is 3.20. The van der Waals surface area contributed by atoms with Crippen LogP contribution in [0.2, 0.25) is 0 Å². The lowest BCUT2D eigenvalue weighted by Gasteiger charge is -2.21. The monoisotopic (exact) mass is 285 g/mol. The molecular weight excluding hydrogens is 266 g/mol. The van der Waals surface area contributed by atoms with Crippen LogP contribution in [0.15, 0.2) is 60.7 Å². The molecule has 3 heteroatoms. The van der Waals surface area contributed by atoms with Gasteiger partial charge >= 0.3 is 0 Å². The van der Waals surface area contributed by atoms with Crippen LogP contribution in [0, 0.1) is 0 Å². The van der Waals surface area contributed by atoms with Crippen molar-refractivity contribution in [2.24, 2.45) is 0 Å². The van der Waals surface area contributed by atoms with Crippen LogP contribution in [0.4, 0.5) is 0 Å². The highest BCUT2D eigenvalue weighted by Crippen LogP contribution is 2.12. The molecule has 0 radical (unpaired) electrons. The first-order valence-electron chi connectivity index (χ1n) is 6.67. The van der Waals surface area contributed by atoms with Crippen molar-refractivity contribution in [3.63, 3.8) is 0 Å². The van der Waals surface area contributed by atoms with Gasteiger partial charge in [-0.1, -0.05) is 60.7 Å². The molecule has 0 aliphatic carbocycles. The molecule has 2 aromatic rings. The number of carbonyl (C=O) groups is 1. The summed E-state index contributed by atoms with van der Waals surface area (Å²) < 4.78 is 0. The maximum atomic E-state index is 12.3. The summed E-state index contributed by atoms with van der Waals surface area (Å²) >= 11 is 4.45. The highest BCUT2D eigenvalue weighted by molar-refractivity contribution is 7.81. The van der Waals surface area contributed by atoms with Crippen molar-refractivity contribution in [2.75, 3.05) is 7.05 Å². The summed E-state index contributed by atoms with van der Waals surface area (Å²) in [5.74, 6) is 0.0565. The number of rotatable bonds is 5. The molecule has 1 atom stereocenters. The Kier molecular flexibility index (Phi) is 5.24. The highest BCUT2D eigenvalue weighted by atomic mass is 32.1. The summed E-state index contributed by atoms with van der Waals surface area (Å²) in [4.78, 5) is 14.0. The first-order chi connectivity index (χ1) is 9.66. The molecular formula is C17H19NOS. The third kappa shape index (κ3) is 4.14. The van der Waals surface area contributed by atoms with E-state index in [0.29, 0.717) is 13.0 Å². The zero-order valence-corrected chi connectivity index (χ0v) is 12.5. The van der Waals surface area contributed by atoms with E-state index in [9.17, 15) is 4.79 Å². The molecule has 0 N–H and O–H groups in total. The predicted octanol–water partition coefficient (Wildman–Crippen LogP) is 3.19. The first kappa shape index (κ1) is 14.7. The summed E-state index contributed by atoms with van der Waals surface area (Å²) in [6, 6.07) is 20.0. The molecule has 0 fully saturated rings. The van der Waals surface area contributed by atoms with Gasteiger partial charge < -0.3 is 4.90 Å². The lowest BCUT2D eigenvalue weighted by molar-refractivity contribution is -0.129. The van der Waals surface area contributed by atoms with E-state index in [-0.39, 0.29) is 11.2 Å². The van der Waals surface area contributed by atoms with Crippen LogP contribution in [-0.2, 0) is 17.8 Å². The number of hydrogen-bond donors (Lipinski definition) is 1. The minimum atomic E-state index is -0.300. The zero-order valence-electron chi connectivity index (χ0n) is 11.6. The second kappa shape index (κ2) is 7.15. The van der Waals surface area contributed by atoms with Gasteiger partial charge in [0.05, 0.1) is 5.25 Å². The summed E-state index contributed by atoms with van der Waals surface area (Å²) in [5.41, 5.74) is 2.26. The molecule has 0 aliphatic heterocycles. The molecule has 2 rings (SSSR count). The number of thiol groups is 1. The van der Waals surface area contributed by atoms with Crippen LogP contribution < -0.4 is 0 Å². The second-order valence-electron chi connectivity index (χ2n) is 4.89. The van der Waals surface area contributed by atoms with Gasteiger partial charge in [-0.2, -0.15) is 12.6 Å². The Balaban J connectivity index is 1.93. The SMILES string of the molecule is CN(Cc1ccccc1)C(=O)C(S)Cc1ccccc1. The maximum Gasteiger partial charge on any atom is 0.235 e. The van der Waals surface area contributed by atoms with E-state index in [4.69, 9.17) is 0 Å². The van der Waals surface area contributed by atoms with Gasteiger partial charge in [0.15, 0.2) is 0 Å². The molecule has 0 bridgehead atoms. The van der Waals surface area contributed by atoms with E-state index in [1.54, 1.807) is 4.90 Å². The topological polar surface area (TPSA) is 20.3 Å². The molecule has 0 aromatic heterocycles. The van der Waals surface area contributed by atoms with Crippen molar-refractivity contribution in [1.82, 2.24) is 4.90 Å². The van der Waals surface area contributed by atoms with Crippen molar-refractivity contribution in [1.29, 1.82) is 0 Å². The molecule has 2 aromatic carbocycles. The van der Waals surface area contributed by atoms with E-state index in [1.165, 1.54) is 0 Å². The molecule has 1 unspecified atom stereocenters. The van der Waals surface area contributed by atoms with E-state index >= 15 is 0 Å². The minimum Gasteiger partial charge on any atom is -0.340 e. The third-order valence-corrected chi connectivity index (χ3v) is 3.60. The second-order valence-corrected chi connectivity index (χ2v) is 5.51. The van der Waals surface area contributed by atoms with Crippen molar-refractivity contribution in [3.8, 4) is 0 Å². The summed E-state index contributed by atoms with van der Waals surface area (Å²) in [6.07, 6.45) is 0.655. The Morgan fingerprint density at radius 2 is 1.50 bits per heavy atom. The number of amides is 1. The number of benzene rings is 2. The lowest BCUT2D eigenvalue weighted by Crippen LogP contribution is -2.34. The van der Waals surface area contributed by atoms with Gasteiger partial charge in [0.1, 0.15) is 0 Å². The average molecular weight is 285 g/mol. The molecule has 0 saturated carbocycles. The van der Waals surface area contributed by atoms with Crippen LogP contribution in [0.1, 0.15) is 11.1 Å². The highest BCUT2D eigenvalue weighted by Gasteiger charge is 2.18. The molecule has 2 nitrogen and oxygen atoms in total. The van der Waals surface area contributed by atoms with E-state index in [1.807, 2.05) is 67.7 Å². The minimum absolute atomic E-state index is 0.0565. The van der Waals surface area contributed by atoms with Crippen LogP contribution in [0.25, 0.3) is 0 Å². The van der Waals surface area contributed by atoms with Gasteiger partial charge in [-0.15, -0.1) is 0 Å². The molecule has 1 amide bonds. The van der Waals surface area contributed by atoms with Crippen LogP contribution >= 0.6 is 12.6 Å². The summed E-state index contributed by atoms with van der Waals surface area (Å²) in [7, 11) is 1.82. The van der Waals surface area contributed by atoms with Crippen molar-refractivity contribution in [2.45, 2.75) is 18.2 Å². The number of hydrogen-bond acceptors (Lipinski definition) is 2. The van der Waals surface area contributed by atoms with Gasteiger partial charge in [0.2, 0.25) is 5.91 Å². The lowest BCUT2D eigenvalue weighted by atomic mass is 10.1. The normalized spacial score (nSPS) is 11.9. The molecule has 20 heavy (non-hydrogen) atoms. The van der Waals surface area contributed by atoms with Crippen molar-refractivity contribution < 1.29 is 4.79 Å². The molecule has 0 heterocycles. The smallest absolute Gasteiger partial charge is 0.235 e. The van der Waals surface area contributed by atoms with Crippen LogP contribution in [0.5, 0.6) is 0 Å². The van der Waals surface area contributed by atoms with E-state index in [0.717, 1.165) is 11.1 Å². The Labute approximate surface area is 125 Å². The van der Waals surface area contributed by atoms with E-state index in [2.05, 4.69) is 12.6 Å². The van der Waals surface area contributed by atoms with Gasteiger partial charge in [-0.05, 0) is 17.5 Å². The van der Waals surface area contributed by atoms with Gasteiger partial charge in [0, 0.05) is 13.6 Å². The quantitative estimate of drug-likeness (QED) is 0.837. The Morgan fingerprint density at radius 3 is 2.05 bits per heavy atom. The van der Waals surface area contributed by atoms with Gasteiger partial charge in [-0.3, -0.25) is 4.79 Å². The fraction of sp³-hybridized carbons (Fsp3) is 0.235. The maximum absolute atomic E-state index is 12.3. The van der Waals surface area contributed by atoms with Crippen molar-refractivity contribution >= 4 is 18.5 Å². The Morgan fingerprint density at radius 1 is 1.00 bits per heavy atom. The zero-order chi connectivity index (χ0) is 14.4. The standard InChI is InChI=1S/C17H19NOS/c1-18(13-15-10-6-3-7-11-15)17(19)16(20)12-14-8-4-2-5-9-14/h2-11,16,20H,12-13H2,1H3. The van der Waals surface area contributed by atoms with Crippen LogP contribution in [0.3, 0.4) is 0 Å². The summed E-state index contributed by atoms with van der Waals surface area (Å²) in [6.45, 7) is 0.617.